The van der Waals surface area contributed by atoms with Crippen molar-refractivity contribution < 1.29 is 9.21 Å². The van der Waals surface area contributed by atoms with E-state index in [1.165, 1.54) is 0 Å². The van der Waals surface area contributed by atoms with Crippen molar-refractivity contribution in [2.24, 2.45) is 0 Å². The van der Waals surface area contributed by atoms with Crippen LogP contribution in [0.25, 0.3) is 0 Å². The Morgan fingerprint density at radius 3 is 3.17 bits per heavy atom. The molecule has 0 bridgehead atoms. The fourth-order valence-corrected chi connectivity index (χ4v) is 0.848. The van der Waals surface area contributed by atoms with E-state index < -0.39 is 0 Å². The molecule has 0 atom stereocenters. The lowest BCUT2D eigenvalue weighted by atomic mass is 10.4. The topological polar surface area (TPSA) is 42.2 Å². The van der Waals surface area contributed by atoms with E-state index >= 15 is 0 Å². The average molecular weight is 228 g/mol. The highest BCUT2D eigenvalue weighted by Gasteiger charge is 1.97. The number of furan rings is 1. The maximum atomic E-state index is 10.8. The van der Waals surface area contributed by atoms with Crippen molar-refractivity contribution in [3.63, 3.8) is 0 Å². The number of amides is 1. The summed E-state index contributed by atoms with van der Waals surface area (Å²) in [7, 11) is 0. The van der Waals surface area contributed by atoms with Crippen LogP contribution in [0.4, 0.5) is 0 Å². The van der Waals surface area contributed by atoms with Crippen molar-refractivity contribution in [2.75, 3.05) is 0 Å². The molecule has 0 radical (unpaired) electrons. The Bertz CT molecular complexity index is 308. The molecule has 1 aromatic heterocycles. The molecule has 62 valence electrons. The number of hydrogen-bond acceptors (Lipinski definition) is 2. The Morgan fingerprint density at radius 2 is 2.58 bits per heavy atom. The van der Waals surface area contributed by atoms with Crippen LogP contribution in [-0.2, 0) is 11.3 Å². The van der Waals surface area contributed by atoms with E-state index in [0.29, 0.717) is 12.3 Å². The number of carbonyl (C=O) groups excluding carboxylic acids is 1. The zero-order valence-corrected chi connectivity index (χ0v) is 7.72. The summed E-state index contributed by atoms with van der Waals surface area (Å²) in [6.07, 6.45) is 1.55. The van der Waals surface area contributed by atoms with Crippen LogP contribution < -0.4 is 5.32 Å². The first-order chi connectivity index (χ1) is 5.83. The average Bonchev–Trinajstić information content (AvgIpc) is 2.53. The Hall–Kier alpha value is -1.21. The van der Waals surface area contributed by atoms with Gasteiger partial charge in [0, 0.05) is 21.9 Å². The van der Waals surface area contributed by atoms with Gasteiger partial charge in [-0.1, -0.05) is 0 Å². The first kappa shape index (κ1) is 8.88. The fourth-order valence-electron chi connectivity index (χ4n) is 0.668. The normalized spacial score (nSPS) is 8.42. The molecule has 1 rings (SSSR count). The van der Waals surface area contributed by atoms with Crippen LogP contribution in [0, 0.1) is 10.8 Å². The lowest BCUT2D eigenvalue weighted by Gasteiger charge is -1.95. The van der Waals surface area contributed by atoms with Gasteiger partial charge < -0.3 is 9.73 Å². The summed E-state index contributed by atoms with van der Waals surface area (Å²) in [6.45, 7) is 0.369. The number of halogens is 1. The van der Waals surface area contributed by atoms with Gasteiger partial charge in [-0.25, -0.2) is 0 Å². The van der Waals surface area contributed by atoms with E-state index in [4.69, 9.17) is 4.42 Å². The van der Waals surface area contributed by atoms with Crippen LogP contribution in [0.1, 0.15) is 5.76 Å². The standard InChI is InChI=1S/C8H6BrNO2/c9-4-3-8(11)10-6-7-2-1-5-12-7/h1-2,5H,6H2,(H,10,11). The van der Waals surface area contributed by atoms with Crippen molar-refractivity contribution in [2.45, 2.75) is 6.54 Å². The third-order valence-electron chi connectivity index (χ3n) is 1.16. The molecule has 4 heteroatoms. The van der Waals surface area contributed by atoms with E-state index in [-0.39, 0.29) is 5.91 Å². The maximum Gasteiger partial charge on any atom is 0.297 e. The Balaban J connectivity index is 2.35. The molecule has 1 amide bonds. The third-order valence-corrected chi connectivity index (χ3v) is 1.36. The zero-order valence-electron chi connectivity index (χ0n) is 6.13. The van der Waals surface area contributed by atoms with E-state index in [1.807, 2.05) is 0 Å². The smallest absolute Gasteiger partial charge is 0.297 e. The summed E-state index contributed by atoms with van der Waals surface area (Å²) >= 11 is 2.82. The minimum Gasteiger partial charge on any atom is -0.467 e. The van der Waals surface area contributed by atoms with Crippen molar-refractivity contribution in [3.05, 3.63) is 24.2 Å². The third kappa shape index (κ3) is 2.81. The zero-order chi connectivity index (χ0) is 8.81. The summed E-state index contributed by atoms with van der Waals surface area (Å²) < 4.78 is 4.99. The van der Waals surface area contributed by atoms with Crippen molar-refractivity contribution in [1.82, 2.24) is 5.32 Å². The van der Waals surface area contributed by atoms with E-state index in [2.05, 4.69) is 32.0 Å². The first-order valence-electron chi connectivity index (χ1n) is 3.25. The van der Waals surface area contributed by atoms with Gasteiger partial charge >= 0.3 is 0 Å². The van der Waals surface area contributed by atoms with Crippen molar-refractivity contribution in [1.29, 1.82) is 0 Å². The predicted molar refractivity (Wildman–Crippen MR) is 47.3 cm³/mol. The molecule has 0 fully saturated rings. The van der Waals surface area contributed by atoms with Crippen molar-refractivity contribution >= 4 is 21.8 Å². The van der Waals surface area contributed by atoms with Crippen LogP contribution in [0.5, 0.6) is 0 Å². The molecule has 0 aliphatic rings. The summed E-state index contributed by atoms with van der Waals surface area (Å²) in [5.74, 6) is 2.66. The molecule has 3 nitrogen and oxygen atoms in total. The monoisotopic (exact) mass is 227 g/mol. The molecule has 0 unspecified atom stereocenters. The highest BCUT2D eigenvalue weighted by atomic mass is 79.9. The number of nitrogens with one attached hydrogen (secondary N) is 1. The molecule has 0 aromatic carbocycles. The minimum atomic E-state index is -0.330. The molecule has 0 spiro atoms. The highest BCUT2D eigenvalue weighted by molar-refractivity contribution is 9.12. The van der Waals surface area contributed by atoms with E-state index in [9.17, 15) is 4.79 Å². The van der Waals surface area contributed by atoms with Gasteiger partial charge in [0.15, 0.2) is 0 Å². The summed E-state index contributed by atoms with van der Waals surface area (Å²) in [5.41, 5.74) is 0. The van der Waals surface area contributed by atoms with Crippen LogP contribution in [-0.4, -0.2) is 5.91 Å². The molecule has 12 heavy (non-hydrogen) atoms. The molecular weight excluding hydrogens is 222 g/mol. The predicted octanol–water partition coefficient (Wildman–Crippen LogP) is 1.25. The Labute approximate surface area is 78.3 Å². The molecule has 0 saturated heterocycles. The molecular formula is C8H6BrNO2. The molecule has 0 aliphatic carbocycles. The minimum absolute atomic E-state index is 0.330. The quantitative estimate of drug-likeness (QED) is 0.774. The largest absolute Gasteiger partial charge is 0.467 e. The molecule has 0 saturated carbocycles. The van der Waals surface area contributed by atoms with Crippen LogP contribution >= 0.6 is 15.9 Å². The Kier molecular flexibility index (Phi) is 3.42. The van der Waals surface area contributed by atoms with Gasteiger partial charge in [0.05, 0.1) is 12.8 Å². The van der Waals surface area contributed by atoms with E-state index in [1.54, 1.807) is 18.4 Å². The second-order valence-electron chi connectivity index (χ2n) is 1.98. The van der Waals surface area contributed by atoms with Crippen LogP contribution in [0.3, 0.4) is 0 Å². The number of rotatable bonds is 2. The molecule has 0 aliphatic heterocycles. The van der Waals surface area contributed by atoms with Crippen LogP contribution in [0.2, 0.25) is 0 Å². The molecule has 1 N–H and O–H groups in total. The lowest BCUT2D eigenvalue weighted by Crippen LogP contribution is -2.20. The first-order valence-corrected chi connectivity index (χ1v) is 4.04. The second-order valence-corrected chi connectivity index (χ2v) is 2.38. The number of hydrogen-bond donors (Lipinski definition) is 1. The molecule has 1 heterocycles. The summed E-state index contributed by atoms with van der Waals surface area (Å²) in [4.78, 5) is 13.1. The Morgan fingerprint density at radius 1 is 1.75 bits per heavy atom. The highest BCUT2D eigenvalue weighted by Crippen LogP contribution is 1.97. The second kappa shape index (κ2) is 4.62. The van der Waals surface area contributed by atoms with Gasteiger partial charge in [0.2, 0.25) is 0 Å². The fraction of sp³-hybridized carbons (Fsp3) is 0.125. The van der Waals surface area contributed by atoms with Gasteiger partial charge in [-0.3, -0.25) is 4.79 Å². The van der Waals surface area contributed by atoms with Crippen LogP contribution in [0.15, 0.2) is 22.8 Å². The van der Waals surface area contributed by atoms with E-state index in [0.717, 1.165) is 0 Å². The van der Waals surface area contributed by atoms with Crippen molar-refractivity contribution in [3.8, 4) is 10.8 Å². The summed E-state index contributed by atoms with van der Waals surface area (Å²) in [5, 5.41) is 2.55. The number of carbonyl (C=O) groups is 1. The van der Waals surface area contributed by atoms with Gasteiger partial charge in [-0.15, -0.1) is 0 Å². The summed E-state index contributed by atoms with van der Waals surface area (Å²) in [6, 6.07) is 3.54. The lowest BCUT2D eigenvalue weighted by molar-refractivity contribution is -0.115. The maximum absolute atomic E-state index is 10.8. The van der Waals surface area contributed by atoms with Gasteiger partial charge in [-0.2, -0.15) is 0 Å². The van der Waals surface area contributed by atoms with Gasteiger partial charge in [0.25, 0.3) is 5.91 Å². The van der Waals surface area contributed by atoms with Gasteiger partial charge in [0.1, 0.15) is 5.76 Å². The van der Waals surface area contributed by atoms with Gasteiger partial charge in [-0.05, 0) is 17.0 Å². The molecule has 1 aromatic rings. The SMILES string of the molecule is O=C(C#CBr)NCc1ccco1.